The van der Waals surface area contributed by atoms with Gasteiger partial charge in [0.2, 0.25) is 5.91 Å². The summed E-state index contributed by atoms with van der Waals surface area (Å²) in [7, 11) is 0. The van der Waals surface area contributed by atoms with Crippen LogP contribution in [0.25, 0.3) is 0 Å². The van der Waals surface area contributed by atoms with E-state index in [0.29, 0.717) is 0 Å². The van der Waals surface area contributed by atoms with Gasteiger partial charge in [-0.3, -0.25) is 4.79 Å². The van der Waals surface area contributed by atoms with E-state index in [0.717, 1.165) is 5.76 Å². The predicted molar refractivity (Wildman–Crippen MR) is 58.1 cm³/mol. The van der Waals surface area contributed by atoms with Gasteiger partial charge in [-0.05, 0) is 25.0 Å². The van der Waals surface area contributed by atoms with Crippen LogP contribution in [0.4, 0.5) is 0 Å². The third kappa shape index (κ3) is 3.09. The zero-order valence-corrected chi connectivity index (χ0v) is 9.36. The molecular formula is C11H18N2O2. The summed E-state index contributed by atoms with van der Waals surface area (Å²) in [6.07, 6.45) is 1.58. The topological polar surface area (TPSA) is 68.3 Å². The zero-order valence-electron chi connectivity index (χ0n) is 9.36. The minimum absolute atomic E-state index is 0.133. The summed E-state index contributed by atoms with van der Waals surface area (Å²) in [6, 6.07) is 3.01. The fraction of sp³-hybridized carbons (Fsp3) is 0.545. The van der Waals surface area contributed by atoms with Crippen molar-refractivity contribution in [1.82, 2.24) is 5.32 Å². The second-order valence-electron chi connectivity index (χ2n) is 4.02. The summed E-state index contributed by atoms with van der Waals surface area (Å²) < 4.78 is 5.18. The van der Waals surface area contributed by atoms with Crippen molar-refractivity contribution in [2.24, 2.45) is 11.7 Å². The Hall–Kier alpha value is -1.29. The molecule has 0 aliphatic carbocycles. The first-order chi connectivity index (χ1) is 7.02. The lowest BCUT2D eigenvalue weighted by molar-refractivity contribution is -0.124. The summed E-state index contributed by atoms with van der Waals surface area (Å²) in [5.41, 5.74) is 5.72. The Balaban J connectivity index is 2.52. The zero-order chi connectivity index (χ0) is 11.4. The van der Waals surface area contributed by atoms with Gasteiger partial charge in [-0.2, -0.15) is 0 Å². The molecule has 3 N–H and O–H groups in total. The number of furan rings is 1. The molecule has 1 aromatic heterocycles. The van der Waals surface area contributed by atoms with Crippen LogP contribution in [0.3, 0.4) is 0 Å². The van der Waals surface area contributed by atoms with Crippen LogP contribution in [0.5, 0.6) is 0 Å². The summed E-state index contributed by atoms with van der Waals surface area (Å²) in [5, 5.41) is 2.81. The summed E-state index contributed by atoms with van der Waals surface area (Å²) in [6.45, 7) is 5.70. The van der Waals surface area contributed by atoms with Crippen molar-refractivity contribution in [2.45, 2.75) is 32.9 Å². The number of nitrogens with one attached hydrogen (secondary N) is 1. The van der Waals surface area contributed by atoms with Crippen LogP contribution in [0.2, 0.25) is 0 Å². The lowest BCUT2D eigenvalue weighted by Gasteiger charge is -2.18. The van der Waals surface area contributed by atoms with E-state index < -0.39 is 6.04 Å². The van der Waals surface area contributed by atoms with Crippen LogP contribution in [0.1, 0.15) is 32.6 Å². The third-order valence-corrected chi connectivity index (χ3v) is 2.35. The summed E-state index contributed by atoms with van der Waals surface area (Å²) in [4.78, 5) is 11.6. The van der Waals surface area contributed by atoms with Crippen LogP contribution >= 0.6 is 0 Å². The molecule has 15 heavy (non-hydrogen) atoms. The van der Waals surface area contributed by atoms with Gasteiger partial charge in [0.05, 0.1) is 18.3 Å². The van der Waals surface area contributed by atoms with E-state index in [9.17, 15) is 4.79 Å². The molecule has 2 atom stereocenters. The normalized spacial score (nSPS) is 15.0. The first kappa shape index (κ1) is 11.8. The minimum atomic E-state index is -0.470. The second kappa shape index (κ2) is 4.98. The molecule has 1 heterocycles. The average Bonchev–Trinajstić information content (AvgIpc) is 2.68. The number of nitrogens with two attached hydrogens (primary N) is 1. The van der Waals surface area contributed by atoms with E-state index in [1.54, 1.807) is 12.3 Å². The maximum absolute atomic E-state index is 11.6. The molecule has 0 aromatic carbocycles. The number of hydrogen-bond donors (Lipinski definition) is 2. The minimum Gasteiger partial charge on any atom is -0.467 e. The maximum Gasteiger partial charge on any atom is 0.237 e. The van der Waals surface area contributed by atoms with Crippen LogP contribution < -0.4 is 11.1 Å². The second-order valence-corrected chi connectivity index (χ2v) is 4.02. The van der Waals surface area contributed by atoms with Crippen molar-refractivity contribution in [2.75, 3.05) is 0 Å². The van der Waals surface area contributed by atoms with Crippen molar-refractivity contribution >= 4 is 5.91 Å². The van der Waals surface area contributed by atoms with Gasteiger partial charge in [0.25, 0.3) is 0 Å². The molecule has 0 fully saturated rings. The van der Waals surface area contributed by atoms with Crippen LogP contribution in [0, 0.1) is 5.92 Å². The van der Waals surface area contributed by atoms with Gasteiger partial charge >= 0.3 is 0 Å². The number of rotatable bonds is 4. The number of hydrogen-bond acceptors (Lipinski definition) is 3. The Kier molecular flexibility index (Phi) is 3.91. The Bertz CT molecular complexity index is 306. The van der Waals surface area contributed by atoms with Gasteiger partial charge < -0.3 is 15.5 Å². The Morgan fingerprint density at radius 1 is 1.47 bits per heavy atom. The van der Waals surface area contributed by atoms with Gasteiger partial charge in [0.15, 0.2) is 0 Å². The lowest BCUT2D eigenvalue weighted by atomic mass is 10.0. The molecule has 0 aliphatic heterocycles. The molecule has 0 bridgehead atoms. The van der Waals surface area contributed by atoms with Gasteiger partial charge in [-0.15, -0.1) is 0 Å². The molecule has 0 unspecified atom stereocenters. The molecule has 0 aliphatic rings. The maximum atomic E-state index is 11.6. The highest BCUT2D eigenvalue weighted by Crippen LogP contribution is 2.12. The van der Waals surface area contributed by atoms with Gasteiger partial charge in [0.1, 0.15) is 5.76 Å². The van der Waals surface area contributed by atoms with Crippen molar-refractivity contribution in [1.29, 1.82) is 0 Å². The van der Waals surface area contributed by atoms with E-state index in [1.165, 1.54) is 0 Å². The van der Waals surface area contributed by atoms with Gasteiger partial charge in [-0.1, -0.05) is 13.8 Å². The Morgan fingerprint density at radius 3 is 2.60 bits per heavy atom. The molecule has 4 nitrogen and oxygen atoms in total. The molecular weight excluding hydrogens is 192 g/mol. The SMILES string of the molecule is CC(C)[C@@H](N)C(=O)N[C@H](C)c1ccco1. The Morgan fingerprint density at radius 2 is 2.13 bits per heavy atom. The molecule has 1 aromatic rings. The quantitative estimate of drug-likeness (QED) is 0.790. The number of carbonyl (C=O) groups excluding carboxylic acids is 1. The van der Waals surface area contributed by atoms with Crippen molar-refractivity contribution in [3.63, 3.8) is 0 Å². The number of carbonyl (C=O) groups is 1. The molecule has 0 spiro atoms. The van der Waals surface area contributed by atoms with Gasteiger partial charge in [0, 0.05) is 0 Å². The first-order valence-electron chi connectivity index (χ1n) is 5.11. The summed E-state index contributed by atoms with van der Waals surface area (Å²) >= 11 is 0. The van der Waals surface area contributed by atoms with Crippen LogP contribution in [-0.2, 0) is 4.79 Å². The van der Waals surface area contributed by atoms with E-state index >= 15 is 0 Å². The lowest BCUT2D eigenvalue weighted by Crippen LogP contribution is -2.44. The smallest absolute Gasteiger partial charge is 0.237 e. The highest BCUT2D eigenvalue weighted by Gasteiger charge is 2.20. The molecule has 0 saturated carbocycles. The molecule has 4 heteroatoms. The molecule has 84 valence electrons. The highest BCUT2D eigenvalue weighted by atomic mass is 16.3. The van der Waals surface area contributed by atoms with Crippen molar-refractivity contribution in [3.05, 3.63) is 24.2 Å². The first-order valence-corrected chi connectivity index (χ1v) is 5.11. The fourth-order valence-electron chi connectivity index (χ4n) is 1.22. The summed E-state index contributed by atoms with van der Waals surface area (Å²) in [5.74, 6) is 0.724. The fourth-order valence-corrected chi connectivity index (χ4v) is 1.22. The van der Waals surface area contributed by atoms with E-state index in [2.05, 4.69) is 5.32 Å². The van der Waals surface area contributed by atoms with Crippen LogP contribution in [0.15, 0.2) is 22.8 Å². The average molecular weight is 210 g/mol. The molecule has 0 saturated heterocycles. The van der Waals surface area contributed by atoms with E-state index in [1.807, 2.05) is 26.8 Å². The van der Waals surface area contributed by atoms with Crippen LogP contribution in [-0.4, -0.2) is 11.9 Å². The monoisotopic (exact) mass is 210 g/mol. The Labute approximate surface area is 89.8 Å². The van der Waals surface area contributed by atoms with E-state index in [-0.39, 0.29) is 17.9 Å². The standard InChI is InChI=1S/C11H18N2O2/c1-7(2)10(12)11(14)13-8(3)9-5-4-6-15-9/h4-8,10H,12H2,1-3H3,(H,13,14)/t8-,10-/m1/s1. The van der Waals surface area contributed by atoms with Gasteiger partial charge in [-0.25, -0.2) is 0 Å². The predicted octanol–water partition coefficient (Wildman–Crippen LogP) is 1.44. The van der Waals surface area contributed by atoms with Crippen molar-refractivity contribution in [3.8, 4) is 0 Å². The molecule has 1 rings (SSSR count). The molecule has 0 radical (unpaired) electrons. The largest absolute Gasteiger partial charge is 0.467 e. The molecule has 1 amide bonds. The number of amides is 1. The van der Waals surface area contributed by atoms with Crippen molar-refractivity contribution < 1.29 is 9.21 Å². The highest BCUT2D eigenvalue weighted by molar-refractivity contribution is 5.82. The third-order valence-electron chi connectivity index (χ3n) is 2.35. The van der Waals surface area contributed by atoms with E-state index in [4.69, 9.17) is 10.2 Å².